The van der Waals surface area contributed by atoms with Crippen LogP contribution >= 0.6 is 0 Å². The van der Waals surface area contributed by atoms with Crippen molar-refractivity contribution in [1.82, 2.24) is 15.1 Å². The van der Waals surface area contributed by atoms with Crippen molar-refractivity contribution in [2.75, 3.05) is 14.2 Å². The number of hydrogen-bond donors (Lipinski definition) is 2. The Morgan fingerprint density at radius 1 is 1.14 bits per heavy atom. The second-order valence-corrected chi connectivity index (χ2v) is 9.87. The van der Waals surface area contributed by atoms with Gasteiger partial charge < -0.3 is 19.9 Å². The quantitative estimate of drug-likeness (QED) is 0.431. The standard InChI is InChI=1S/C27H39N3O5/c1-18(2)15-20(16-25(31)32)28-27(33)21-17-22(26-23(34-3)11-8-12-24(26)35-4)30(29-21)14-13-19-9-6-5-7-10-19/h8,11-12,17-20H,5-7,9-10,13-16H2,1-4H3,(H,28,33)(H,31,32)/t20-/m0/s1. The lowest BCUT2D eigenvalue weighted by atomic mass is 9.87. The Labute approximate surface area is 208 Å². The highest BCUT2D eigenvalue weighted by Gasteiger charge is 2.25. The first-order chi connectivity index (χ1) is 16.8. The highest BCUT2D eigenvalue weighted by molar-refractivity contribution is 5.94. The number of aryl methyl sites for hydroxylation is 1. The molecule has 1 aliphatic carbocycles. The van der Waals surface area contributed by atoms with Crippen molar-refractivity contribution in [1.29, 1.82) is 0 Å². The lowest BCUT2D eigenvalue weighted by Crippen LogP contribution is -2.37. The average molecular weight is 486 g/mol. The van der Waals surface area contributed by atoms with Crippen LogP contribution in [-0.4, -0.2) is 47.0 Å². The fraction of sp³-hybridized carbons (Fsp3) is 0.593. The molecule has 1 atom stereocenters. The van der Waals surface area contributed by atoms with E-state index >= 15 is 0 Å². The minimum atomic E-state index is -0.937. The molecule has 0 bridgehead atoms. The Kier molecular flexibility index (Phi) is 9.57. The molecule has 192 valence electrons. The summed E-state index contributed by atoms with van der Waals surface area (Å²) in [4.78, 5) is 24.5. The molecule has 1 aromatic carbocycles. The Hall–Kier alpha value is -3.03. The summed E-state index contributed by atoms with van der Waals surface area (Å²) in [6.07, 6.45) is 7.74. The third kappa shape index (κ3) is 7.23. The molecule has 3 rings (SSSR count). The normalized spacial score (nSPS) is 15.1. The zero-order valence-corrected chi connectivity index (χ0v) is 21.4. The molecule has 8 nitrogen and oxygen atoms in total. The van der Waals surface area contributed by atoms with Crippen LogP contribution in [0.4, 0.5) is 0 Å². The Morgan fingerprint density at radius 2 is 1.80 bits per heavy atom. The van der Waals surface area contributed by atoms with Gasteiger partial charge in [0.05, 0.1) is 31.9 Å². The number of carbonyl (C=O) groups excluding carboxylic acids is 1. The molecule has 1 saturated carbocycles. The third-order valence-electron chi connectivity index (χ3n) is 6.68. The van der Waals surface area contributed by atoms with E-state index in [-0.39, 0.29) is 23.9 Å². The fourth-order valence-electron chi connectivity index (χ4n) is 5.02. The third-order valence-corrected chi connectivity index (χ3v) is 6.68. The van der Waals surface area contributed by atoms with Gasteiger partial charge in [0, 0.05) is 12.6 Å². The van der Waals surface area contributed by atoms with E-state index in [1.165, 1.54) is 32.1 Å². The number of amides is 1. The predicted molar refractivity (Wildman–Crippen MR) is 135 cm³/mol. The number of carboxylic acid groups (broad SMARTS) is 1. The summed E-state index contributed by atoms with van der Waals surface area (Å²) in [5.74, 6) is 0.874. The number of nitrogens with one attached hydrogen (secondary N) is 1. The van der Waals surface area contributed by atoms with Gasteiger partial charge in [-0.3, -0.25) is 14.3 Å². The van der Waals surface area contributed by atoms with E-state index in [1.807, 2.05) is 36.7 Å². The van der Waals surface area contributed by atoms with E-state index in [1.54, 1.807) is 20.3 Å². The molecule has 1 aliphatic rings. The minimum absolute atomic E-state index is 0.125. The molecule has 2 aromatic rings. The lowest BCUT2D eigenvalue weighted by molar-refractivity contribution is -0.137. The molecule has 1 aromatic heterocycles. The van der Waals surface area contributed by atoms with Gasteiger partial charge in [-0.2, -0.15) is 5.10 Å². The number of benzene rings is 1. The minimum Gasteiger partial charge on any atom is -0.496 e. The molecule has 1 heterocycles. The van der Waals surface area contributed by atoms with Crippen LogP contribution in [0, 0.1) is 11.8 Å². The maximum Gasteiger partial charge on any atom is 0.305 e. The molecule has 35 heavy (non-hydrogen) atoms. The predicted octanol–water partition coefficient (Wildman–Crippen LogP) is 5.16. The van der Waals surface area contributed by atoms with Crippen molar-refractivity contribution >= 4 is 11.9 Å². The summed E-state index contributed by atoms with van der Waals surface area (Å²) >= 11 is 0. The topological polar surface area (TPSA) is 103 Å². The number of nitrogens with zero attached hydrogens (tertiary/aromatic N) is 2. The molecule has 8 heteroatoms. The van der Waals surface area contributed by atoms with Crippen LogP contribution in [0.1, 0.15) is 75.7 Å². The van der Waals surface area contributed by atoms with Gasteiger partial charge in [-0.15, -0.1) is 0 Å². The fourth-order valence-corrected chi connectivity index (χ4v) is 5.02. The van der Waals surface area contributed by atoms with Gasteiger partial charge in [0.1, 0.15) is 11.5 Å². The summed E-state index contributed by atoms with van der Waals surface area (Å²) in [7, 11) is 3.22. The van der Waals surface area contributed by atoms with Gasteiger partial charge in [0.2, 0.25) is 0 Å². The van der Waals surface area contributed by atoms with Crippen LogP contribution in [0.25, 0.3) is 11.3 Å². The maximum atomic E-state index is 13.2. The van der Waals surface area contributed by atoms with Gasteiger partial charge in [-0.25, -0.2) is 0 Å². The van der Waals surface area contributed by atoms with Gasteiger partial charge in [-0.1, -0.05) is 52.0 Å². The van der Waals surface area contributed by atoms with Gasteiger partial charge in [-0.05, 0) is 42.9 Å². The number of hydrogen-bond acceptors (Lipinski definition) is 5. The van der Waals surface area contributed by atoms with Crippen LogP contribution in [0.3, 0.4) is 0 Å². The van der Waals surface area contributed by atoms with E-state index < -0.39 is 12.0 Å². The van der Waals surface area contributed by atoms with Crippen molar-refractivity contribution in [3.63, 3.8) is 0 Å². The largest absolute Gasteiger partial charge is 0.496 e. The summed E-state index contributed by atoms with van der Waals surface area (Å²) in [6, 6.07) is 6.88. The van der Waals surface area contributed by atoms with Crippen LogP contribution in [0.2, 0.25) is 0 Å². The average Bonchev–Trinajstić information content (AvgIpc) is 3.26. The number of rotatable bonds is 12. The van der Waals surface area contributed by atoms with E-state index in [2.05, 4.69) is 10.4 Å². The Balaban J connectivity index is 1.94. The number of carbonyl (C=O) groups is 2. The first-order valence-electron chi connectivity index (χ1n) is 12.6. The first kappa shape index (κ1) is 26.6. The molecular formula is C27H39N3O5. The van der Waals surface area contributed by atoms with Crippen molar-refractivity contribution in [3.8, 4) is 22.8 Å². The molecule has 0 radical (unpaired) electrons. The lowest BCUT2D eigenvalue weighted by Gasteiger charge is -2.22. The molecule has 1 amide bonds. The van der Waals surface area contributed by atoms with Crippen molar-refractivity contribution < 1.29 is 24.2 Å². The summed E-state index contributed by atoms with van der Waals surface area (Å²) in [5, 5.41) is 16.9. The van der Waals surface area contributed by atoms with Gasteiger partial charge in [0.15, 0.2) is 5.69 Å². The van der Waals surface area contributed by atoms with Gasteiger partial charge >= 0.3 is 5.97 Å². The van der Waals surface area contributed by atoms with E-state index in [0.717, 1.165) is 17.7 Å². The summed E-state index contributed by atoms with van der Waals surface area (Å²) < 4.78 is 13.1. The SMILES string of the molecule is COc1cccc(OC)c1-c1cc(C(=O)N[C@H](CC(=O)O)CC(C)C)nn1CCC1CCCCC1. The highest BCUT2D eigenvalue weighted by atomic mass is 16.5. The molecule has 1 fully saturated rings. The highest BCUT2D eigenvalue weighted by Crippen LogP contribution is 2.39. The molecule has 0 spiro atoms. The van der Waals surface area contributed by atoms with Gasteiger partial charge in [0.25, 0.3) is 5.91 Å². The van der Waals surface area contributed by atoms with E-state index in [4.69, 9.17) is 9.47 Å². The number of methoxy groups -OCH3 is 2. The van der Waals surface area contributed by atoms with Crippen molar-refractivity contribution in [2.45, 2.75) is 77.8 Å². The van der Waals surface area contributed by atoms with Crippen molar-refractivity contribution in [3.05, 3.63) is 30.0 Å². The molecular weight excluding hydrogens is 446 g/mol. The van der Waals surface area contributed by atoms with Crippen LogP contribution in [0.15, 0.2) is 24.3 Å². The Bertz CT molecular complexity index is 972. The zero-order chi connectivity index (χ0) is 25.4. The van der Waals surface area contributed by atoms with E-state index in [9.17, 15) is 14.7 Å². The number of aromatic nitrogens is 2. The van der Waals surface area contributed by atoms with Crippen LogP contribution in [0.5, 0.6) is 11.5 Å². The first-order valence-corrected chi connectivity index (χ1v) is 12.6. The van der Waals surface area contributed by atoms with Crippen molar-refractivity contribution in [2.24, 2.45) is 11.8 Å². The van der Waals surface area contributed by atoms with E-state index in [0.29, 0.717) is 30.4 Å². The molecule has 2 N–H and O–H groups in total. The number of carboxylic acids is 1. The number of ether oxygens (including phenoxy) is 2. The second kappa shape index (κ2) is 12.6. The summed E-state index contributed by atoms with van der Waals surface area (Å²) in [5.41, 5.74) is 1.76. The van der Waals surface area contributed by atoms with Crippen LogP contribution < -0.4 is 14.8 Å². The summed E-state index contributed by atoms with van der Waals surface area (Å²) in [6.45, 7) is 4.69. The smallest absolute Gasteiger partial charge is 0.305 e. The monoisotopic (exact) mass is 485 g/mol. The van der Waals surface area contributed by atoms with Crippen LogP contribution in [-0.2, 0) is 11.3 Å². The molecule has 0 saturated heterocycles. The molecule has 0 aliphatic heterocycles. The zero-order valence-electron chi connectivity index (χ0n) is 21.4. The second-order valence-electron chi connectivity index (χ2n) is 9.87. The molecule has 0 unspecified atom stereocenters. The maximum absolute atomic E-state index is 13.2. The Morgan fingerprint density at radius 3 is 2.37 bits per heavy atom. The number of aliphatic carboxylic acids is 1.